The Kier molecular flexibility index (Phi) is 3.81. The van der Waals surface area contributed by atoms with Gasteiger partial charge in [-0.3, -0.25) is 10.1 Å². The second-order valence-corrected chi connectivity index (χ2v) is 1.85. The standard InChI is InChI=1S/C6H6N2O2.Au/c7-5-1-3-6(4-2-5)8(9)10;/h1-4H,7H2;. The van der Waals surface area contributed by atoms with Crippen molar-refractivity contribution in [1.82, 2.24) is 0 Å². The van der Waals surface area contributed by atoms with Crippen LogP contribution >= 0.6 is 0 Å². The molecule has 1 aromatic carbocycles. The molecule has 0 aliphatic carbocycles. The molecule has 0 amide bonds. The molecule has 0 atom stereocenters. The molecule has 4 nitrogen and oxygen atoms in total. The van der Waals surface area contributed by atoms with E-state index in [1.54, 1.807) is 0 Å². The number of nitrogens with two attached hydrogens (primary N) is 1. The molecule has 0 spiro atoms. The van der Waals surface area contributed by atoms with Crippen molar-refractivity contribution in [2.24, 2.45) is 0 Å². The summed E-state index contributed by atoms with van der Waals surface area (Å²) in [6.07, 6.45) is 0. The van der Waals surface area contributed by atoms with Crippen molar-refractivity contribution in [2.75, 3.05) is 5.73 Å². The molecule has 0 saturated carbocycles. The normalized spacial score (nSPS) is 8.36. The summed E-state index contributed by atoms with van der Waals surface area (Å²) in [5.41, 5.74) is 5.90. The van der Waals surface area contributed by atoms with Crippen molar-refractivity contribution in [1.29, 1.82) is 0 Å². The molecule has 0 bridgehead atoms. The third-order valence-corrected chi connectivity index (χ3v) is 1.10. The summed E-state index contributed by atoms with van der Waals surface area (Å²) in [6, 6.07) is 5.74. The molecule has 11 heavy (non-hydrogen) atoms. The first-order valence-corrected chi connectivity index (χ1v) is 2.70. The summed E-state index contributed by atoms with van der Waals surface area (Å²) in [5.74, 6) is 0. The van der Waals surface area contributed by atoms with Gasteiger partial charge in [-0.15, -0.1) is 0 Å². The zero-order valence-corrected chi connectivity index (χ0v) is 7.62. The van der Waals surface area contributed by atoms with Crippen LogP contribution in [0.2, 0.25) is 0 Å². The summed E-state index contributed by atoms with van der Waals surface area (Å²) in [4.78, 5) is 9.62. The van der Waals surface area contributed by atoms with Gasteiger partial charge >= 0.3 is 0 Å². The van der Waals surface area contributed by atoms with E-state index in [0.29, 0.717) is 5.69 Å². The van der Waals surface area contributed by atoms with E-state index in [4.69, 9.17) is 5.73 Å². The van der Waals surface area contributed by atoms with Crippen LogP contribution in [0.1, 0.15) is 0 Å². The quantitative estimate of drug-likeness (QED) is 0.363. The van der Waals surface area contributed by atoms with Gasteiger partial charge in [0.25, 0.3) is 5.69 Å². The summed E-state index contributed by atoms with van der Waals surface area (Å²) >= 11 is 0. The van der Waals surface area contributed by atoms with Gasteiger partial charge in [-0.05, 0) is 12.1 Å². The van der Waals surface area contributed by atoms with Crippen LogP contribution in [-0.4, -0.2) is 4.92 Å². The van der Waals surface area contributed by atoms with Crippen molar-refractivity contribution in [3.05, 3.63) is 34.4 Å². The number of nitro benzene ring substituents is 1. The van der Waals surface area contributed by atoms with E-state index in [-0.39, 0.29) is 28.1 Å². The third-order valence-electron chi connectivity index (χ3n) is 1.10. The first kappa shape index (κ1) is 10.2. The Hall–Kier alpha value is -0.840. The fourth-order valence-corrected chi connectivity index (χ4v) is 0.596. The predicted molar refractivity (Wildman–Crippen MR) is 37.5 cm³/mol. The average Bonchev–Trinajstić information content (AvgIpc) is 1.88. The minimum Gasteiger partial charge on any atom is -0.399 e. The van der Waals surface area contributed by atoms with Crippen LogP contribution in [0.15, 0.2) is 24.3 Å². The van der Waals surface area contributed by atoms with Gasteiger partial charge in [0.15, 0.2) is 0 Å². The van der Waals surface area contributed by atoms with E-state index in [2.05, 4.69) is 0 Å². The molecule has 0 aliphatic heterocycles. The molecular formula is C6H6AuN2O2. The van der Waals surface area contributed by atoms with Crippen molar-refractivity contribution in [2.45, 2.75) is 0 Å². The van der Waals surface area contributed by atoms with Crippen molar-refractivity contribution >= 4 is 11.4 Å². The number of hydrogen-bond donors (Lipinski definition) is 1. The van der Waals surface area contributed by atoms with E-state index in [1.165, 1.54) is 24.3 Å². The molecular weight excluding hydrogens is 329 g/mol. The van der Waals surface area contributed by atoms with Crippen LogP contribution in [0.5, 0.6) is 0 Å². The molecule has 5 heteroatoms. The molecule has 1 rings (SSSR count). The van der Waals surface area contributed by atoms with Crippen LogP contribution < -0.4 is 5.73 Å². The average molecular weight is 335 g/mol. The third kappa shape index (κ3) is 2.71. The first-order valence-electron chi connectivity index (χ1n) is 2.70. The van der Waals surface area contributed by atoms with E-state index < -0.39 is 4.92 Å². The Morgan fingerprint density at radius 2 is 1.73 bits per heavy atom. The molecule has 0 fully saturated rings. The Morgan fingerprint density at radius 1 is 1.27 bits per heavy atom. The molecule has 2 N–H and O–H groups in total. The Morgan fingerprint density at radius 3 is 2.09 bits per heavy atom. The van der Waals surface area contributed by atoms with Gasteiger partial charge in [0.05, 0.1) is 4.92 Å². The number of non-ortho nitro benzene ring substituents is 1. The smallest absolute Gasteiger partial charge is 0.269 e. The number of nitrogens with zero attached hydrogens (tertiary/aromatic N) is 1. The molecule has 63 valence electrons. The molecule has 0 heterocycles. The second-order valence-electron chi connectivity index (χ2n) is 1.85. The Labute approximate surface area is 79.1 Å². The van der Waals surface area contributed by atoms with E-state index >= 15 is 0 Å². The summed E-state index contributed by atoms with van der Waals surface area (Å²) in [7, 11) is 0. The largest absolute Gasteiger partial charge is 0.399 e. The van der Waals surface area contributed by atoms with E-state index in [0.717, 1.165) is 0 Å². The molecule has 0 saturated heterocycles. The van der Waals surface area contributed by atoms with Gasteiger partial charge in [0.2, 0.25) is 0 Å². The molecule has 1 radical (unpaired) electrons. The van der Waals surface area contributed by atoms with Gasteiger partial charge < -0.3 is 5.73 Å². The number of hydrogen-bond acceptors (Lipinski definition) is 3. The molecule has 0 unspecified atom stereocenters. The van der Waals surface area contributed by atoms with Gasteiger partial charge in [-0.2, -0.15) is 0 Å². The van der Waals surface area contributed by atoms with Gasteiger partial charge in [-0.25, -0.2) is 0 Å². The zero-order valence-electron chi connectivity index (χ0n) is 5.45. The summed E-state index contributed by atoms with van der Waals surface area (Å²) < 4.78 is 0. The van der Waals surface area contributed by atoms with Gasteiger partial charge in [0, 0.05) is 40.2 Å². The number of nitrogen functional groups attached to an aromatic ring is 1. The SMILES string of the molecule is Nc1ccc([N+](=O)[O-])cc1.[Au]. The first-order chi connectivity index (χ1) is 4.70. The van der Waals surface area contributed by atoms with Gasteiger partial charge in [-0.1, -0.05) is 0 Å². The molecule has 1 aromatic rings. The van der Waals surface area contributed by atoms with E-state index in [9.17, 15) is 10.1 Å². The summed E-state index contributed by atoms with van der Waals surface area (Å²) in [6.45, 7) is 0. The maximum absolute atomic E-state index is 10.1. The van der Waals surface area contributed by atoms with Crippen LogP contribution in [0.25, 0.3) is 0 Å². The van der Waals surface area contributed by atoms with Crippen molar-refractivity contribution in [3.8, 4) is 0 Å². The maximum Gasteiger partial charge on any atom is 0.269 e. The van der Waals surface area contributed by atoms with Crippen LogP contribution in [-0.2, 0) is 22.4 Å². The predicted octanol–water partition coefficient (Wildman–Crippen LogP) is 1.17. The zero-order chi connectivity index (χ0) is 7.56. The van der Waals surface area contributed by atoms with E-state index in [1.807, 2.05) is 0 Å². The van der Waals surface area contributed by atoms with Crippen LogP contribution in [0.3, 0.4) is 0 Å². The Balaban J connectivity index is 0.000001000. The fourth-order valence-electron chi connectivity index (χ4n) is 0.596. The van der Waals surface area contributed by atoms with Gasteiger partial charge in [0.1, 0.15) is 0 Å². The topological polar surface area (TPSA) is 69.2 Å². The second kappa shape index (κ2) is 4.13. The Bertz CT molecular complexity index is 247. The minimum absolute atomic E-state index is 0. The van der Waals surface area contributed by atoms with Crippen molar-refractivity contribution in [3.63, 3.8) is 0 Å². The minimum atomic E-state index is -0.459. The number of rotatable bonds is 1. The van der Waals surface area contributed by atoms with Crippen molar-refractivity contribution < 1.29 is 27.3 Å². The van der Waals surface area contributed by atoms with Crippen LogP contribution in [0, 0.1) is 10.1 Å². The maximum atomic E-state index is 10.1. The molecule has 0 aliphatic rings. The number of anilines is 1. The fraction of sp³-hybridized carbons (Fsp3) is 0. The monoisotopic (exact) mass is 335 g/mol. The van der Waals surface area contributed by atoms with Crippen LogP contribution in [0.4, 0.5) is 11.4 Å². The number of nitro groups is 1. The molecule has 0 aromatic heterocycles. The summed E-state index contributed by atoms with van der Waals surface area (Å²) in [5, 5.41) is 10.1. The number of benzene rings is 1.